The maximum Gasteiger partial charge on any atom is 0.223 e. The van der Waals surface area contributed by atoms with Crippen molar-refractivity contribution < 1.29 is 9.18 Å². The van der Waals surface area contributed by atoms with Gasteiger partial charge in [-0.05, 0) is 24.6 Å². The lowest BCUT2D eigenvalue weighted by Gasteiger charge is -2.27. The van der Waals surface area contributed by atoms with Gasteiger partial charge in [0, 0.05) is 51.4 Å². The van der Waals surface area contributed by atoms with Crippen LogP contribution in [0.15, 0.2) is 42.7 Å². The summed E-state index contributed by atoms with van der Waals surface area (Å²) in [5.41, 5.74) is 0.965. The summed E-state index contributed by atoms with van der Waals surface area (Å²) in [5, 5.41) is 3.41. The van der Waals surface area contributed by atoms with Crippen molar-refractivity contribution in [2.75, 3.05) is 19.6 Å². The minimum absolute atomic E-state index is 0.0149. The van der Waals surface area contributed by atoms with Gasteiger partial charge in [-0.1, -0.05) is 24.3 Å². The van der Waals surface area contributed by atoms with Crippen LogP contribution in [0.3, 0.4) is 0 Å². The monoisotopic (exact) mass is 356 g/mol. The molecule has 0 bridgehead atoms. The third kappa shape index (κ3) is 4.02. The second-order valence-electron chi connectivity index (χ2n) is 6.60. The summed E-state index contributed by atoms with van der Waals surface area (Å²) < 4.78 is 14.9. The van der Waals surface area contributed by atoms with Gasteiger partial charge >= 0.3 is 0 Å². The Morgan fingerprint density at radius 3 is 2.77 bits per heavy atom. The molecule has 0 spiro atoms. The third-order valence-electron chi connectivity index (χ3n) is 4.85. The molecule has 2 aromatic rings. The zero-order chi connectivity index (χ0) is 18.5. The van der Waals surface area contributed by atoms with E-state index in [0.717, 1.165) is 17.9 Å². The highest BCUT2D eigenvalue weighted by Crippen LogP contribution is 2.36. The molecule has 1 fully saturated rings. The van der Waals surface area contributed by atoms with E-state index < -0.39 is 0 Å². The molecule has 1 N–H and O–H groups in total. The number of hydrogen-bond acceptors (Lipinski definition) is 3. The smallest absolute Gasteiger partial charge is 0.223 e. The van der Waals surface area contributed by atoms with Crippen LogP contribution < -0.4 is 5.32 Å². The highest BCUT2D eigenvalue weighted by Gasteiger charge is 2.41. The zero-order valence-corrected chi connectivity index (χ0v) is 15.2. The van der Waals surface area contributed by atoms with Crippen LogP contribution in [0.1, 0.15) is 30.8 Å². The first-order valence-corrected chi connectivity index (χ1v) is 8.99. The topological polar surface area (TPSA) is 50.2 Å². The summed E-state index contributed by atoms with van der Waals surface area (Å²) in [7, 11) is 1.97. The number of aromatic nitrogens is 2. The van der Waals surface area contributed by atoms with Gasteiger partial charge in [0.25, 0.3) is 0 Å². The van der Waals surface area contributed by atoms with Crippen LogP contribution >= 0.6 is 0 Å². The van der Waals surface area contributed by atoms with Crippen LogP contribution in [-0.2, 0) is 11.8 Å². The maximum absolute atomic E-state index is 12.9. The van der Waals surface area contributed by atoms with E-state index in [2.05, 4.69) is 10.3 Å². The van der Waals surface area contributed by atoms with E-state index in [1.54, 1.807) is 18.3 Å². The van der Waals surface area contributed by atoms with Gasteiger partial charge in [0.2, 0.25) is 5.91 Å². The lowest BCUT2D eigenvalue weighted by molar-refractivity contribution is -0.128. The lowest BCUT2D eigenvalue weighted by atomic mass is 9.99. The van der Waals surface area contributed by atoms with E-state index in [1.807, 2.05) is 41.8 Å². The molecule has 2 atom stereocenters. The molecule has 6 heteroatoms. The summed E-state index contributed by atoms with van der Waals surface area (Å²) in [6.07, 6.45) is 8.21. The van der Waals surface area contributed by atoms with Gasteiger partial charge in [-0.3, -0.25) is 4.79 Å². The van der Waals surface area contributed by atoms with E-state index >= 15 is 0 Å². The van der Waals surface area contributed by atoms with Crippen LogP contribution in [0, 0.1) is 11.7 Å². The molecule has 1 aliphatic heterocycles. The Bertz CT molecular complexity index is 768. The summed E-state index contributed by atoms with van der Waals surface area (Å²) in [6.45, 7) is 4.14. The quantitative estimate of drug-likeness (QED) is 0.776. The van der Waals surface area contributed by atoms with Crippen molar-refractivity contribution in [3.63, 3.8) is 0 Å². The summed E-state index contributed by atoms with van der Waals surface area (Å²) >= 11 is 0. The Labute approximate surface area is 153 Å². The molecule has 2 heterocycles. The van der Waals surface area contributed by atoms with Gasteiger partial charge in [-0.15, -0.1) is 0 Å². The Kier molecular flexibility index (Phi) is 5.83. The molecule has 1 aliphatic rings. The summed E-state index contributed by atoms with van der Waals surface area (Å²) in [4.78, 5) is 18.7. The molecule has 138 valence electrons. The van der Waals surface area contributed by atoms with E-state index in [9.17, 15) is 9.18 Å². The van der Waals surface area contributed by atoms with Crippen molar-refractivity contribution in [3.8, 4) is 0 Å². The van der Waals surface area contributed by atoms with Crippen LogP contribution in [-0.4, -0.2) is 40.0 Å². The summed E-state index contributed by atoms with van der Waals surface area (Å²) in [5.74, 6) is 1.09. The van der Waals surface area contributed by atoms with Crippen molar-refractivity contribution in [1.29, 1.82) is 0 Å². The molecule has 1 saturated heterocycles. The third-order valence-corrected chi connectivity index (χ3v) is 4.85. The van der Waals surface area contributed by atoms with Crippen molar-refractivity contribution >= 4 is 12.0 Å². The predicted molar refractivity (Wildman–Crippen MR) is 99.7 cm³/mol. The molecule has 1 aromatic carbocycles. The molecule has 1 aromatic heterocycles. The first-order chi connectivity index (χ1) is 12.6. The minimum Gasteiger partial charge on any atom is -0.336 e. The van der Waals surface area contributed by atoms with E-state index in [4.69, 9.17) is 0 Å². The number of carbonyl (C=O) groups is 1. The molecule has 26 heavy (non-hydrogen) atoms. The fourth-order valence-corrected chi connectivity index (χ4v) is 3.55. The Morgan fingerprint density at radius 2 is 2.12 bits per heavy atom. The molecule has 0 radical (unpaired) electrons. The molecule has 5 nitrogen and oxygen atoms in total. The number of likely N-dealkylation sites (tertiary alicyclic amines) is 1. The second kappa shape index (κ2) is 8.27. The lowest BCUT2D eigenvalue weighted by Crippen LogP contribution is -2.33. The van der Waals surface area contributed by atoms with E-state index in [0.29, 0.717) is 19.5 Å². The number of nitrogens with zero attached hydrogens (tertiary/aromatic N) is 3. The Balaban J connectivity index is 1.58. The number of benzene rings is 1. The second-order valence-corrected chi connectivity index (χ2v) is 6.60. The normalized spacial score (nSPS) is 20.4. The largest absolute Gasteiger partial charge is 0.336 e. The standard InChI is InChI=1S/C20H25FN4O/c1-3-25-18(26)13-16(19(25)20-23-11-12-24(20)2)14-22-10-4-5-15-6-8-17(21)9-7-15/h4-9,11-12,16,19,22H,3,10,13-14H2,1-2H3/b5-4+/t16-,19+/m0/s1. The molecule has 0 aliphatic carbocycles. The number of rotatable bonds is 7. The average molecular weight is 356 g/mol. The van der Waals surface area contributed by atoms with Gasteiger partial charge in [-0.2, -0.15) is 0 Å². The first-order valence-electron chi connectivity index (χ1n) is 8.99. The fourth-order valence-electron chi connectivity index (χ4n) is 3.55. The average Bonchev–Trinajstić information content (AvgIpc) is 3.18. The number of hydrogen-bond donors (Lipinski definition) is 1. The number of nitrogens with one attached hydrogen (secondary N) is 1. The van der Waals surface area contributed by atoms with Crippen LogP contribution in [0.4, 0.5) is 4.39 Å². The highest BCUT2D eigenvalue weighted by atomic mass is 19.1. The van der Waals surface area contributed by atoms with Crippen LogP contribution in [0.5, 0.6) is 0 Å². The number of amides is 1. The SMILES string of the molecule is CCN1C(=O)C[C@@H](CNC/C=C/c2ccc(F)cc2)[C@@H]1c1nccn1C. The Hall–Kier alpha value is -2.47. The van der Waals surface area contributed by atoms with Crippen molar-refractivity contribution in [3.05, 3.63) is 59.9 Å². The first kappa shape index (κ1) is 18.3. The fraction of sp³-hybridized carbons (Fsp3) is 0.400. The van der Waals surface area contributed by atoms with Gasteiger partial charge in [0.05, 0.1) is 6.04 Å². The Morgan fingerprint density at radius 1 is 1.35 bits per heavy atom. The molecule has 3 rings (SSSR count). The minimum atomic E-state index is -0.230. The summed E-state index contributed by atoms with van der Waals surface area (Å²) in [6, 6.07) is 6.42. The van der Waals surface area contributed by atoms with Gasteiger partial charge in [0.1, 0.15) is 11.6 Å². The number of carbonyl (C=O) groups excluding carboxylic acids is 1. The molecular formula is C20H25FN4O. The maximum atomic E-state index is 12.9. The van der Waals surface area contributed by atoms with Crippen molar-refractivity contribution in [2.45, 2.75) is 19.4 Å². The van der Waals surface area contributed by atoms with Crippen molar-refractivity contribution in [1.82, 2.24) is 19.8 Å². The highest BCUT2D eigenvalue weighted by molar-refractivity contribution is 5.79. The molecule has 1 amide bonds. The molecular weight excluding hydrogens is 331 g/mol. The molecule has 0 saturated carbocycles. The van der Waals surface area contributed by atoms with Crippen LogP contribution in [0.2, 0.25) is 0 Å². The predicted octanol–water partition coefficient (Wildman–Crippen LogP) is 2.77. The van der Waals surface area contributed by atoms with Crippen LogP contribution in [0.25, 0.3) is 6.08 Å². The van der Waals surface area contributed by atoms with E-state index in [-0.39, 0.29) is 23.7 Å². The molecule has 0 unspecified atom stereocenters. The van der Waals surface area contributed by atoms with Gasteiger partial charge in [0.15, 0.2) is 0 Å². The zero-order valence-electron chi connectivity index (χ0n) is 15.2. The van der Waals surface area contributed by atoms with E-state index in [1.165, 1.54) is 12.1 Å². The van der Waals surface area contributed by atoms with Gasteiger partial charge in [-0.25, -0.2) is 9.37 Å². The van der Waals surface area contributed by atoms with Crippen molar-refractivity contribution in [2.24, 2.45) is 13.0 Å². The number of aryl methyl sites for hydroxylation is 1. The van der Waals surface area contributed by atoms with Gasteiger partial charge < -0.3 is 14.8 Å². The number of imidazole rings is 1. The number of halogens is 1.